The van der Waals surface area contributed by atoms with E-state index in [2.05, 4.69) is 75.7 Å². The third-order valence-corrected chi connectivity index (χ3v) is 6.92. The average molecular weight is 447 g/mol. The largest absolute Gasteiger partial charge is 1.00 e. The Bertz CT molecular complexity index is 375. The second-order valence-electron chi connectivity index (χ2n) is 6.89. The Morgan fingerprint density at radius 1 is 0.696 bits per heavy atom. The van der Waals surface area contributed by atoms with Crippen molar-refractivity contribution in [1.82, 2.24) is 0 Å². The number of halogens is 3. The van der Waals surface area contributed by atoms with E-state index < -0.39 is 16.1 Å². The molecule has 1 radical (unpaired) electrons. The first-order valence-corrected chi connectivity index (χ1v) is 13.8. The molecular weight excluding hydrogens is 418 g/mol. The van der Waals surface area contributed by atoms with E-state index >= 15 is 0 Å². The van der Waals surface area contributed by atoms with Crippen LogP contribution in [0.1, 0.15) is 12.8 Å². The van der Waals surface area contributed by atoms with E-state index in [4.69, 9.17) is 0 Å². The molecule has 6 heteroatoms. The third kappa shape index (κ3) is 13.8. The fourth-order valence-corrected chi connectivity index (χ4v) is 4.34. The molecule has 0 saturated carbocycles. The van der Waals surface area contributed by atoms with Gasteiger partial charge in [-0.15, -0.1) is 12.8 Å². The summed E-state index contributed by atoms with van der Waals surface area (Å²) in [6, 6.07) is 0. The van der Waals surface area contributed by atoms with E-state index in [0.717, 1.165) is 12.8 Å². The van der Waals surface area contributed by atoms with Gasteiger partial charge >= 0.3 is 0 Å². The van der Waals surface area contributed by atoms with Gasteiger partial charge in [-0.05, 0) is 0 Å². The first-order chi connectivity index (χ1) is 8.21. The molecule has 2 aliphatic carbocycles. The molecule has 2 rings (SSSR count). The van der Waals surface area contributed by atoms with Gasteiger partial charge in [0.2, 0.25) is 0 Å². The maximum Gasteiger partial charge on any atom is 0.0393 e. The van der Waals surface area contributed by atoms with Crippen LogP contribution in [0.25, 0.3) is 0 Å². The van der Waals surface area contributed by atoms with Crippen molar-refractivity contribution in [2.24, 2.45) is 0 Å². The molecule has 0 amide bonds. The van der Waals surface area contributed by atoms with Crippen LogP contribution >= 0.6 is 0 Å². The van der Waals surface area contributed by atoms with Gasteiger partial charge in [0.25, 0.3) is 0 Å². The van der Waals surface area contributed by atoms with E-state index in [1.54, 1.807) is 0 Å². The molecule has 137 valence electrons. The smallest absolute Gasteiger partial charge is 0.0393 e. The normalized spacial score (nSPS) is 14.3. The minimum absolute atomic E-state index is 0. The van der Waals surface area contributed by atoms with Gasteiger partial charge < -0.3 is 44.6 Å². The maximum atomic E-state index is 3.36. The van der Waals surface area contributed by atoms with Crippen LogP contribution in [-0.2, 0) is 18.6 Å². The van der Waals surface area contributed by atoms with E-state index in [0.29, 0.717) is 0 Å². The fraction of sp³-hybridized carbons (Fsp3) is 0.471. The summed E-state index contributed by atoms with van der Waals surface area (Å²) >= 11 is 0. The Hall–Kier alpha value is 0.848. The van der Waals surface area contributed by atoms with Crippen LogP contribution in [0.4, 0.5) is 0 Å². The molecule has 0 heterocycles. The molecule has 0 aromatic heterocycles. The molecule has 0 saturated heterocycles. The van der Waals surface area contributed by atoms with Gasteiger partial charge in [0.1, 0.15) is 0 Å². The molecule has 0 aromatic rings. The number of allylic oxidation sites excluding steroid dienone is 8. The molecule has 0 N–H and O–H groups in total. The molecule has 0 unspecified atom stereocenters. The predicted octanol–water partition coefficient (Wildman–Crippen LogP) is -3.43. The molecule has 0 nitrogen and oxygen atoms in total. The summed E-state index contributed by atoms with van der Waals surface area (Å²) in [6.45, 7) is 14.1. The quantitative estimate of drug-likeness (QED) is 0.306. The van der Waals surface area contributed by atoms with E-state index in [-0.39, 0.29) is 63.2 Å². The minimum Gasteiger partial charge on any atom is -1.00 e. The van der Waals surface area contributed by atoms with Crippen LogP contribution in [0.3, 0.4) is 0 Å². The third-order valence-electron chi connectivity index (χ3n) is 3.01. The summed E-state index contributed by atoms with van der Waals surface area (Å²) in [5.74, 6) is 0. The van der Waals surface area contributed by atoms with Gasteiger partial charge in [0.05, 0.1) is 0 Å². The van der Waals surface area contributed by atoms with Crippen LogP contribution in [-0.4, -0.2) is 16.1 Å². The molecule has 0 aliphatic heterocycles. The molecule has 0 bridgehead atoms. The first-order valence-electron chi connectivity index (χ1n) is 6.77. The Morgan fingerprint density at radius 3 is 1.04 bits per heavy atom. The van der Waals surface area contributed by atoms with Gasteiger partial charge in [0.15, 0.2) is 0 Å². The molecule has 0 aromatic carbocycles. The molecule has 0 atom stereocenters. The zero-order valence-electron chi connectivity index (χ0n) is 15.3. The van der Waals surface area contributed by atoms with Crippen molar-refractivity contribution < 1.29 is 55.8 Å². The Balaban J connectivity index is -0.0000000771. The van der Waals surface area contributed by atoms with E-state index in [1.165, 1.54) is 10.4 Å². The van der Waals surface area contributed by atoms with E-state index in [1.807, 2.05) is 0 Å². The number of rotatable bonds is 2. The van der Waals surface area contributed by atoms with Crippen molar-refractivity contribution in [1.29, 1.82) is 0 Å². The number of hydrogen-bond acceptors (Lipinski definition) is 0. The second kappa shape index (κ2) is 15.1. The molecule has 0 fully saturated rings. The van der Waals surface area contributed by atoms with Gasteiger partial charge in [-0.3, -0.25) is 12.2 Å². The van der Waals surface area contributed by atoms with Crippen molar-refractivity contribution in [3.63, 3.8) is 0 Å². The SMILES string of the molecule is C[Si](C)(C)C1=[C-]CC=C1.C[Si](C)(C)C1=[C-]CC=C1.[CH3-].[Cl-].[Cl-].[Cl-].[V]. The Kier molecular flexibility index (Phi) is 23.1. The summed E-state index contributed by atoms with van der Waals surface area (Å²) in [4.78, 5) is 0. The monoisotopic (exact) mass is 445 g/mol. The zero-order valence-corrected chi connectivity index (χ0v) is 21.0. The summed E-state index contributed by atoms with van der Waals surface area (Å²) in [6.07, 6.45) is 17.6. The van der Waals surface area contributed by atoms with Crippen LogP contribution in [0.15, 0.2) is 34.7 Å². The Labute approximate surface area is 177 Å². The topological polar surface area (TPSA) is 0 Å². The summed E-state index contributed by atoms with van der Waals surface area (Å²) in [7, 11) is -2.01. The number of hydrogen-bond donors (Lipinski definition) is 0. The summed E-state index contributed by atoms with van der Waals surface area (Å²) < 4.78 is 0. The predicted molar refractivity (Wildman–Crippen MR) is 94.1 cm³/mol. The summed E-state index contributed by atoms with van der Waals surface area (Å²) in [5.41, 5.74) is 0. The van der Waals surface area contributed by atoms with Crippen LogP contribution < -0.4 is 37.2 Å². The summed E-state index contributed by atoms with van der Waals surface area (Å²) in [5, 5.41) is 2.98. The van der Waals surface area contributed by atoms with Gasteiger partial charge in [-0.2, -0.15) is 12.2 Å². The fourth-order valence-electron chi connectivity index (χ4n) is 1.84. The maximum absolute atomic E-state index is 3.36. The first kappa shape index (κ1) is 35.0. The zero-order chi connectivity index (χ0) is 13.8. The van der Waals surface area contributed by atoms with Crippen molar-refractivity contribution >= 4 is 16.1 Å². The van der Waals surface area contributed by atoms with Crippen molar-refractivity contribution in [3.8, 4) is 0 Å². The molecular formula is C17H29Cl3Si2V-6. The van der Waals surface area contributed by atoms with Gasteiger partial charge in [-0.1, -0.05) is 39.3 Å². The van der Waals surface area contributed by atoms with Crippen molar-refractivity contribution in [2.75, 3.05) is 0 Å². The van der Waals surface area contributed by atoms with E-state index in [9.17, 15) is 0 Å². The standard InChI is InChI=1S/2C8H13Si.CH3.3ClH.V/c2*1-9(2,3)8-6-4-5-7-8;;;;;/h2*4,6H,5H2,1-3H3;1H3;3*1H;/q3*-1;;;;/p-3. The van der Waals surface area contributed by atoms with Crippen molar-refractivity contribution in [3.05, 3.63) is 54.3 Å². The van der Waals surface area contributed by atoms with Crippen LogP contribution in [0.5, 0.6) is 0 Å². The molecule has 23 heavy (non-hydrogen) atoms. The van der Waals surface area contributed by atoms with Gasteiger partial charge in [-0.25, -0.2) is 22.5 Å². The second-order valence-corrected chi connectivity index (χ2v) is 17.0. The van der Waals surface area contributed by atoms with Crippen LogP contribution in [0.2, 0.25) is 39.3 Å². The molecule has 2 aliphatic rings. The van der Waals surface area contributed by atoms with Gasteiger partial charge in [0, 0.05) is 34.7 Å². The van der Waals surface area contributed by atoms with Crippen LogP contribution in [0, 0.1) is 19.6 Å². The Morgan fingerprint density at radius 2 is 0.957 bits per heavy atom. The average Bonchev–Trinajstić information content (AvgIpc) is 2.91. The minimum atomic E-state index is -1.01. The van der Waals surface area contributed by atoms with Crippen molar-refractivity contribution in [2.45, 2.75) is 52.1 Å². The molecule has 0 spiro atoms.